The quantitative estimate of drug-likeness (QED) is 0.325. The summed E-state index contributed by atoms with van der Waals surface area (Å²) in [7, 11) is 0.284. The van der Waals surface area contributed by atoms with E-state index in [4.69, 9.17) is 0 Å². The molecular formula is C21H25BrN4O2S. The van der Waals surface area contributed by atoms with Crippen LogP contribution in [0, 0.1) is 0 Å². The lowest BCUT2D eigenvalue weighted by Crippen LogP contribution is -2.34. The van der Waals surface area contributed by atoms with Crippen LogP contribution in [0.25, 0.3) is 10.8 Å². The fourth-order valence-corrected chi connectivity index (χ4v) is 4.74. The Morgan fingerprint density at radius 1 is 0.931 bits per heavy atom. The first-order chi connectivity index (χ1) is 13.9. The molecule has 0 spiro atoms. The molecule has 3 rings (SSSR count). The minimum absolute atomic E-state index is 0.297. The van der Waals surface area contributed by atoms with Gasteiger partial charge in [0.25, 0.3) is 0 Å². The molecule has 0 aromatic heterocycles. The number of halogens is 1. The van der Waals surface area contributed by atoms with Crippen LogP contribution in [0.1, 0.15) is 0 Å². The highest BCUT2D eigenvalue weighted by Gasteiger charge is 2.17. The van der Waals surface area contributed by atoms with Gasteiger partial charge < -0.3 is 10.2 Å². The first-order valence-electron chi connectivity index (χ1n) is 9.27. The Labute approximate surface area is 180 Å². The van der Waals surface area contributed by atoms with E-state index in [1.54, 1.807) is 12.1 Å². The molecule has 0 saturated carbocycles. The average Bonchev–Trinajstić information content (AvgIpc) is 2.69. The van der Waals surface area contributed by atoms with E-state index < -0.39 is 10.0 Å². The van der Waals surface area contributed by atoms with Crippen molar-refractivity contribution in [3.05, 3.63) is 65.1 Å². The van der Waals surface area contributed by atoms with Gasteiger partial charge in [-0.1, -0.05) is 46.3 Å². The van der Waals surface area contributed by atoms with E-state index in [-0.39, 0.29) is 0 Å². The van der Waals surface area contributed by atoms with Crippen molar-refractivity contribution in [3.63, 3.8) is 0 Å². The molecule has 0 atom stereocenters. The number of nitrogens with zero attached hydrogens (tertiary/aromatic N) is 1. The molecule has 3 N–H and O–H groups in total. The zero-order chi connectivity index (χ0) is 20.9. The Bertz CT molecular complexity index is 1090. The fourth-order valence-electron chi connectivity index (χ4n) is 3.09. The normalized spacial score (nSPS) is 11.6. The number of hydrogen-bond donors (Lipinski definition) is 3. The Morgan fingerprint density at radius 2 is 1.66 bits per heavy atom. The maximum Gasteiger partial charge on any atom is 0.241 e. The second-order valence-corrected chi connectivity index (χ2v) is 9.44. The average molecular weight is 477 g/mol. The van der Waals surface area contributed by atoms with Crippen LogP contribution in [-0.2, 0) is 10.0 Å². The van der Waals surface area contributed by atoms with Crippen molar-refractivity contribution in [2.45, 2.75) is 4.90 Å². The van der Waals surface area contributed by atoms with Crippen molar-refractivity contribution in [1.29, 1.82) is 0 Å². The summed E-state index contributed by atoms with van der Waals surface area (Å²) in [4.78, 5) is 2.28. The second kappa shape index (κ2) is 9.58. The Morgan fingerprint density at radius 3 is 2.41 bits per heavy atom. The van der Waals surface area contributed by atoms with E-state index in [2.05, 4.69) is 31.3 Å². The lowest BCUT2D eigenvalue weighted by molar-refractivity contribution is 0.578. The zero-order valence-electron chi connectivity index (χ0n) is 16.4. The van der Waals surface area contributed by atoms with Crippen LogP contribution in [0.5, 0.6) is 0 Å². The van der Waals surface area contributed by atoms with Crippen molar-refractivity contribution in [2.75, 3.05) is 44.1 Å². The molecule has 6 nitrogen and oxygen atoms in total. The monoisotopic (exact) mass is 476 g/mol. The second-order valence-electron chi connectivity index (χ2n) is 6.78. The van der Waals surface area contributed by atoms with Crippen molar-refractivity contribution < 1.29 is 8.42 Å². The topological polar surface area (TPSA) is 73.5 Å². The van der Waals surface area contributed by atoms with E-state index in [0.717, 1.165) is 26.6 Å². The van der Waals surface area contributed by atoms with Crippen LogP contribution in [0.4, 0.5) is 11.4 Å². The summed E-state index contributed by atoms with van der Waals surface area (Å²) >= 11 is 3.43. The van der Waals surface area contributed by atoms with Crippen LogP contribution in [-0.4, -0.2) is 42.3 Å². The summed E-state index contributed by atoms with van der Waals surface area (Å²) in [5.41, 5.74) is 1.97. The summed E-state index contributed by atoms with van der Waals surface area (Å²) in [6, 6.07) is 18.9. The SMILES string of the molecule is CN(C)c1cccc2c(S(=O)(=O)NCCNCNc3cccc(Br)c3)cccc12. The molecule has 0 radical (unpaired) electrons. The first kappa shape index (κ1) is 21.6. The Balaban J connectivity index is 1.59. The van der Waals surface area contributed by atoms with E-state index in [9.17, 15) is 8.42 Å². The Kier molecular flexibility index (Phi) is 7.13. The molecule has 0 aliphatic heterocycles. The number of hydrogen-bond acceptors (Lipinski definition) is 5. The Hall–Kier alpha value is -2.13. The van der Waals surface area contributed by atoms with Crippen LogP contribution in [0.3, 0.4) is 0 Å². The van der Waals surface area contributed by atoms with Crippen LogP contribution in [0.15, 0.2) is 70.0 Å². The predicted molar refractivity (Wildman–Crippen MR) is 124 cm³/mol. The predicted octanol–water partition coefficient (Wildman–Crippen LogP) is 3.61. The number of benzene rings is 3. The van der Waals surface area contributed by atoms with Gasteiger partial charge in [-0.05, 0) is 30.3 Å². The lowest BCUT2D eigenvalue weighted by Gasteiger charge is -2.17. The molecule has 0 bridgehead atoms. The van der Waals surface area contributed by atoms with E-state index >= 15 is 0 Å². The molecule has 0 aliphatic rings. The van der Waals surface area contributed by atoms with Gasteiger partial charge in [0.1, 0.15) is 0 Å². The summed E-state index contributed by atoms with van der Waals surface area (Å²) in [6.07, 6.45) is 0. The van der Waals surface area contributed by atoms with Crippen molar-refractivity contribution >= 4 is 48.1 Å². The number of sulfonamides is 1. The number of nitrogens with one attached hydrogen (secondary N) is 3. The molecule has 29 heavy (non-hydrogen) atoms. The third kappa shape index (κ3) is 5.48. The molecule has 0 fully saturated rings. The minimum atomic E-state index is -3.61. The molecule has 154 valence electrons. The third-order valence-electron chi connectivity index (χ3n) is 4.47. The molecular weight excluding hydrogens is 452 g/mol. The van der Waals surface area contributed by atoms with Crippen molar-refractivity contribution in [3.8, 4) is 0 Å². The van der Waals surface area contributed by atoms with Gasteiger partial charge in [0.15, 0.2) is 0 Å². The maximum absolute atomic E-state index is 12.8. The van der Waals surface area contributed by atoms with E-state index in [1.165, 1.54) is 0 Å². The summed E-state index contributed by atoms with van der Waals surface area (Å²) in [5, 5.41) is 8.04. The van der Waals surface area contributed by atoms with Crippen LogP contribution < -0.4 is 20.3 Å². The first-order valence-corrected chi connectivity index (χ1v) is 11.5. The molecule has 0 aliphatic carbocycles. The molecule has 3 aromatic carbocycles. The third-order valence-corrected chi connectivity index (χ3v) is 6.48. The highest BCUT2D eigenvalue weighted by atomic mass is 79.9. The van der Waals surface area contributed by atoms with Gasteiger partial charge in [-0.3, -0.25) is 5.32 Å². The van der Waals surface area contributed by atoms with E-state index in [1.807, 2.05) is 67.5 Å². The van der Waals surface area contributed by atoms with Crippen molar-refractivity contribution in [2.24, 2.45) is 0 Å². The standard InChI is InChI=1S/C21H25BrN4O2S/c1-26(2)20-10-4-9-19-18(20)8-5-11-21(19)29(27,28)25-13-12-23-15-24-17-7-3-6-16(22)14-17/h3-11,14,23-25H,12-13,15H2,1-2H3. The van der Waals surface area contributed by atoms with E-state index in [0.29, 0.717) is 24.7 Å². The minimum Gasteiger partial charge on any atom is -0.377 e. The highest BCUT2D eigenvalue weighted by Crippen LogP contribution is 2.29. The van der Waals surface area contributed by atoms with Gasteiger partial charge in [-0.25, -0.2) is 13.1 Å². The van der Waals surface area contributed by atoms with Gasteiger partial charge >= 0.3 is 0 Å². The van der Waals surface area contributed by atoms with Gasteiger partial charge in [-0.2, -0.15) is 0 Å². The highest BCUT2D eigenvalue weighted by molar-refractivity contribution is 9.10. The molecule has 3 aromatic rings. The van der Waals surface area contributed by atoms with Crippen LogP contribution >= 0.6 is 15.9 Å². The van der Waals surface area contributed by atoms with Gasteiger partial charge in [0.2, 0.25) is 10.0 Å². The lowest BCUT2D eigenvalue weighted by atomic mass is 10.1. The summed E-state index contributed by atoms with van der Waals surface area (Å²) in [6.45, 7) is 1.35. The zero-order valence-corrected chi connectivity index (χ0v) is 18.8. The van der Waals surface area contributed by atoms with Crippen molar-refractivity contribution in [1.82, 2.24) is 10.0 Å². The molecule has 8 heteroatoms. The summed E-state index contributed by atoms with van der Waals surface area (Å²) in [5.74, 6) is 0. The number of anilines is 2. The van der Waals surface area contributed by atoms with Gasteiger partial charge in [0, 0.05) is 53.8 Å². The van der Waals surface area contributed by atoms with Crippen LogP contribution in [0.2, 0.25) is 0 Å². The van der Waals surface area contributed by atoms with Gasteiger partial charge in [-0.15, -0.1) is 0 Å². The maximum atomic E-state index is 12.8. The molecule has 0 heterocycles. The largest absolute Gasteiger partial charge is 0.377 e. The molecule has 0 unspecified atom stereocenters. The number of fused-ring (bicyclic) bond motifs is 1. The van der Waals surface area contributed by atoms with Gasteiger partial charge in [0.05, 0.1) is 11.6 Å². The molecule has 0 saturated heterocycles. The fraction of sp³-hybridized carbons (Fsp3) is 0.238. The number of rotatable bonds is 9. The summed E-state index contributed by atoms with van der Waals surface area (Å²) < 4.78 is 29.4. The smallest absolute Gasteiger partial charge is 0.241 e. The molecule has 0 amide bonds.